The number of benzene rings is 1. The Bertz CT molecular complexity index is 615. The zero-order valence-corrected chi connectivity index (χ0v) is 17.5. The number of likely N-dealkylation sites (N-methyl/N-ethyl adjacent to an activating group) is 1. The van der Waals surface area contributed by atoms with Crippen molar-refractivity contribution >= 4 is 12.2 Å². The van der Waals surface area contributed by atoms with Crippen molar-refractivity contribution in [2.24, 2.45) is 5.92 Å². The number of amides is 2. The third-order valence-corrected chi connectivity index (χ3v) is 4.74. The molecule has 0 unspecified atom stereocenters. The SMILES string of the molecule is CC(C)CN(C(=O)OCc1ccccc1)[C@@H](C)COC(=O)N1CCN(C)CC1. The molecule has 1 atom stereocenters. The van der Waals surface area contributed by atoms with Crippen LogP contribution in [0.2, 0.25) is 0 Å². The zero-order chi connectivity index (χ0) is 20.5. The Labute approximate surface area is 168 Å². The van der Waals surface area contributed by atoms with E-state index in [1.54, 1.807) is 9.80 Å². The molecular weight excluding hydrogens is 358 g/mol. The molecule has 0 saturated carbocycles. The Morgan fingerprint density at radius 3 is 2.29 bits per heavy atom. The molecule has 0 spiro atoms. The lowest BCUT2D eigenvalue weighted by atomic mass is 10.2. The third-order valence-electron chi connectivity index (χ3n) is 4.74. The predicted octanol–water partition coefficient (Wildman–Crippen LogP) is 3.05. The number of nitrogens with zero attached hydrogens (tertiary/aromatic N) is 3. The number of ether oxygens (including phenoxy) is 2. The van der Waals surface area contributed by atoms with Gasteiger partial charge in [0.2, 0.25) is 0 Å². The Morgan fingerprint density at radius 2 is 1.68 bits per heavy atom. The van der Waals surface area contributed by atoms with E-state index in [2.05, 4.69) is 4.90 Å². The summed E-state index contributed by atoms with van der Waals surface area (Å²) in [6.07, 6.45) is -0.706. The van der Waals surface area contributed by atoms with E-state index in [1.807, 2.05) is 58.2 Å². The van der Waals surface area contributed by atoms with Gasteiger partial charge in [0.15, 0.2) is 0 Å². The van der Waals surface area contributed by atoms with Gasteiger partial charge in [-0.25, -0.2) is 9.59 Å². The van der Waals surface area contributed by atoms with Gasteiger partial charge in [-0.15, -0.1) is 0 Å². The maximum Gasteiger partial charge on any atom is 0.410 e. The van der Waals surface area contributed by atoms with Gasteiger partial charge in [-0.1, -0.05) is 44.2 Å². The predicted molar refractivity (Wildman–Crippen MR) is 108 cm³/mol. The average Bonchev–Trinajstić information content (AvgIpc) is 2.69. The number of hydrogen-bond acceptors (Lipinski definition) is 5. The molecule has 2 amide bonds. The molecule has 1 aromatic carbocycles. The van der Waals surface area contributed by atoms with E-state index in [9.17, 15) is 9.59 Å². The van der Waals surface area contributed by atoms with Crippen LogP contribution in [-0.4, -0.2) is 79.3 Å². The van der Waals surface area contributed by atoms with Crippen LogP contribution in [-0.2, 0) is 16.1 Å². The molecule has 1 saturated heterocycles. The molecule has 1 heterocycles. The summed E-state index contributed by atoms with van der Waals surface area (Å²) in [5, 5.41) is 0. The highest BCUT2D eigenvalue weighted by molar-refractivity contribution is 5.69. The zero-order valence-electron chi connectivity index (χ0n) is 17.5. The van der Waals surface area contributed by atoms with Crippen LogP contribution in [0.3, 0.4) is 0 Å². The van der Waals surface area contributed by atoms with E-state index in [0.717, 1.165) is 18.7 Å². The molecule has 0 bridgehead atoms. The molecule has 0 aromatic heterocycles. The molecule has 156 valence electrons. The quantitative estimate of drug-likeness (QED) is 0.715. The number of hydrogen-bond donors (Lipinski definition) is 0. The van der Waals surface area contributed by atoms with Gasteiger partial charge >= 0.3 is 12.2 Å². The van der Waals surface area contributed by atoms with Crippen LogP contribution in [0.5, 0.6) is 0 Å². The van der Waals surface area contributed by atoms with Gasteiger partial charge < -0.3 is 24.2 Å². The van der Waals surface area contributed by atoms with E-state index in [0.29, 0.717) is 19.6 Å². The maximum atomic E-state index is 12.6. The van der Waals surface area contributed by atoms with E-state index in [-0.39, 0.29) is 37.4 Å². The third kappa shape index (κ3) is 7.03. The molecule has 0 radical (unpaired) electrons. The van der Waals surface area contributed by atoms with Crippen molar-refractivity contribution in [1.29, 1.82) is 0 Å². The van der Waals surface area contributed by atoms with Crippen LogP contribution in [0.4, 0.5) is 9.59 Å². The van der Waals surface area contributed by atoms with Crippen LogP contribution < -0.4 is 0 Å². The van der Waals surface area contributed by atoms with E-state index < -0.39 is 0 Å². The Balaban J connectivity index is 1.86. The fraction of sp³-hybridized carbons (Fsp3) is 0.619. The second-order valence-electron chi connectivity index (χ2n) is 7.80. The Hall–Kier alpha value is -2.28. The first-order valence-electron chi connectivity index (χ1n) is 9.94. The molecule has 2 rings (SSSR count). The van der Waals surface area contributed by atoms with Gasteiger partial charge in [0.25, 0.3) is 0 Å². The number of carbonyl (C=O) groups excluding carboxylic acids is 2. The van der Waals surface area contributed by atoms with Gasteiger partial charge in [0.1, 0.15) is 13.2 Å². The van der Waals surface area contributed by atoms with Crippen molar-refractivity contribution in [1.82, 2.24) is 14.7 Å². The minimum Gasteiger partial charge on any atom is -0.447 e. The minimum atomic E-state index is -0.388. The molecule has 0 N–H and O–H groups in total. The highest BCUT2D eigenvalue weighted by Crippen LogP contribution is 2.11. The first-order valence-corrected chi connectivity index (χ1v) is 9.94. The highest BCUT2D eigenvalue weighted by atomic mass is 16.6. The molecule has 1 fully saturated rings. The molecule has 7 heteroatoms. The van der Waals surface area contributed by atoms with Crippen LogP contribution in [0.1, 0.15) is 26.3 Å². The molecule has 1 aliphatic heterocycles. The average molecular weight is 392 g/mol. The Morgan fingerprint density at radius 1 is 1.04 bits per heavy atom. The van der Waals surface area contributed by atoms with Crippen LogP contribution in [0, 0.1) is 5.92 Å². The lowest BCUT2D eigenvalue weighted by Crippen LogP contribution is -2.49. The largest absolute Gasteiger partial charge is 0.447 e. The lowest BCUT2D eigenvalue weighted by Gasteiger charge is -2.33. The Kier molecular flexibility index (Phi) is 8.57. The molecule has 0 aliphatic carbocycles. The normalized spacial score (nSPS) is 16.0. The number of rotatable bonds is 7. The summed E-state index contributed by atoms with van der Waals surface area (Å²) >= 11 is 0. The summed E-state index contributed by atoms with van der Waals surface area (Å²) in [5.74, 6) is 0.278. The fourth-order valence-electron chi connectivity index (χ4n) is 2.99. The van der Waals surface area contributed by atoms with Crippen LogP contribution in [0.15, 0.2) is 30.3 Å². The summed E-state index contributed by atoms with van der Waals surface area (Å²) in [6.45, 7) is 9.90. The van der Waals surface area contributed by atoms with Crippen molar-refractivity contribution in [2.75, 3.05) is 46.4 Å². The molecule has 1 aliphatic rings. The topological polar surface area (TPSA) is 62.3 Å². The van der Waals surface area contributed by atoms with Gasteiger partial charge in [-0.3, -0.25) is 0 Å². The summed E-state index contributed by atoms with van der Waals surface area (Å²) < 4.78 is 11.0. The van der Waals surface area contributed by atoms with Crippen molar-refractivity contribution in [3.63, 3.8) is 0 Å². The highest BCUT2D eigenvalue weighted by Gasteiger charge is 2.26. The molecule has 28 heavy (non-hydrogen) atoms. The lowest BCUT2D eigenvalue weighted by molar-refractivity contribution is 0.0413. The van der Waals surface area contributed by atoms with Gasteiger partial charge in [-0.05, 0) is 25.5 Å². The van der Waals surface area contributed by atoms with Gasteiger partial charge in [0, 0.05) is 32.7 Å². The molecular formula is C21H33N3O4. The van der Waals surface area contributed by atoms with Gasteiger partial charge in [0.05, 0.1) is 6.04 Å². The van der Waals surface area contributed by atoms with Crippen LogP contribution in [0.25, 0.3) is 0 Å². The van der Waals surface area contributed by atoms with Crippen LogP contribution >= 0.6 is 0 Å². The fourth-order valence-corrected chi connectivity index (χ4v) is 2.99. The van der Waals surface area contributed by atoms with Gasteiger partial charge in [-0.2, -0.15) is 0 Å². The second-order valence-corrected chi connectivity index (χ2v) is 7.80. The summed E-state index contributed by atoms with van der Waals surface area (Å²) in [5.41, 5.74) is 0.939. The van der Waals surface area contributed by atoms with E-state index in [1.165, 1.54) is 0 Å². The standard InChI is InChI=1S/C21H33N3O4/c1-17(2)14-24(21(26)28-16-19-8-6-5-7-9-19)18(3)15-27-20(25)23-12-10-22(4)11-13-23/h5-9,17-18H,10-16H2,1-4H3/t18-/m0/s1. The smallest absolute Gasteiger partial charge is 0.410 e. The summed E-state index contributed by atoms with van der Waals surface area (Å²) in [7, 11) is 2.04. The van der Waals surface area contributed by atoms with E-state index >= 15 is 0 Å². The number of piperazine rings is 1. The monoisotopic (exact) mass is 391 g/mol. The minimum absolute atomic E-state index is 0.151. The van der Waals surface area contributed by atoms with Crippen molar-refractivity contribution < 1.29 is 19.1 Å². The molecule has 1 aromatic rings. The first kappa shape index (κ1) is 22.0. The number of carbonyl (C=O) groups is 2. The second kappa shape index (κ2) is 10.9. The first-order chi connectivity index (χ1) is 13.4. The maximum absolute atomic E-state index is 12.6. The summed E-state index contributed by atoms with van der Waals surface area (Å²) in [4.78, 5) is 30.4. The van der Waals surface area contributed by atoms with E-state index in [4.69, 9.17) is 9.47 Å². The molecule has 7 nitrogen and oxygen atoms in total. The van der Waals surface area contributed by atoms with Crippen molar-refractivity contribution in [2.45, 2.75) is 33.4 Å². The van der Waals surface area contributed by atoms with Crippen molar-refractivity contribution in [3.8, 4) is 0 Å². The summed E-state index contributed by atoms with van der Waals surface area (Å²) in [6, 6.07) is 9.32. The van der Waals surface area contributed by atoms with Crippen molar-refractivity contribution in [3.05, 3.63) is 35.9 Å².